The van der Waals surface area contributed by atoms with Crippen LogP contribution in [0.2, 0.25) is 0 Å². The molecule has 0 saturated heterocycles. The Kier molecular flexibility index (Phi) is 3.46. The van der Waals surface area contributed by atoms with Crippen LogP contribution in [0.4, 0.5) is 0 Å². The normalized spacial score (nSPS) is 16.6. The third-order valence-corrected chi connectivity index (χ3v) is 4.57. The van der Waals surface area contributed by atoms with Crippen LogP contribution in [0.3, 0.4) is 0 Å². The fourth-order valence-corrected chi connectivity index (χ4v) is 3.19. The van der Waals surface area contributed by atoms with Crippen molar-refractivity contribution in [3.8, 4) is 6.07 Å². The third-order valence-electron chi connectivity index (χ3n) is 4.57. The van der Waals surface area contributed by atoms with E-state index in [-0.39, 0.29) is 12.1 Å². The van der Waals surface area contributed by atoms with Crippen LogP contribution in [0, 0.1) is 32.1 Å². The number of hydrogen-bond donors (Lipinski definition) is 0. The lowest BCUT2D eigenvalue weighted by atomic mass is 9.84. The second-order valence-electron chi connectivity index (χ2n) is 5.72. The first-order valence-corrected chi connectivity index (χ1v) is 7.33. The first-order chi connectivity index (χ1) is 10.5. The van der Waals surface area contributed by atoms with Crippen molar-refractivity contribution in [2.24, 2.45) is 0 Å². The zero-order chi connectivity index (χ0) is 15.9. The van der Waals surface area contributed by atoms with Gasteiger partial charge in [0.1, 0.15) is 6.10 Å². The Bertz CT molecular complexity index is 801. The molecule has 22 heavy (non-hydrogen) atoms. The van der Waals surface area contributed by atoms with Crippen LogP contribution >= 0.6 is 0 Å². The van der Waals surface area contributed by atoms with Gasteiger partial charge in [-0.3, -0.25) is 0 Å². The van der Waals surface area contributed by atoms with E-state index in [9.17, 15) is 10.1 Å². The van der Waals surface area contributed by atoms with Crippen LogP contribution in [0.15, 0.2) is 30.3 Å². The van der Waals surface area contributed by atoms with Crippen molar-refractivity contribution in [3.05, 3.63) is 69.3 Å². The Balaban J connectivity index is 2.16. The maximum Gasteiger partial charge on any atom is 0.339 e. The summed E-state index contributed by atoms with van der Waals surface area (Å²) in [5.74, 6) is -0.289. The van der Waals surface area contributed by atoms with Gasteiger partial charge in [0, 0.05) is 6.42 Å². The average Bonchev–Trinajstić information content (AvgIpc) is 2.53. The number of nitrogens with zero attached hydrogens (tertiary/aromatic N) is 1. The monoisotopic (exact) mass is 291 g/mol. The molecule has 3 heteroatoms. The van der Waals surface area contributed by atoms with Crippen LogP contribution in [0.25, 0.3) is 0 Å². The predicted octanol–water partition coefficient (Wildman–Crippen LogP) is 3.94. The Morgan fingerprint density at radius 2 is 1.77 bits per heavy atom. The number of nitriles is 1. The highest BCUT2D eigenvalue weighted by atomic mass is 16.5. The van der Waals surface area contributed by atoms with Crippen molar-refractivity contribution in [3.63, 3.8) is 0 Å². The van der Waals surface area contributed by atoms with Gasteiger partial charge in [0.25, 0.3) is 0 Å². The Morgan fingerprint density at radius 1 is 1.09 bits per heavy atom. The maximum absolute atomic E-state index is 12.5. The lowest BCUT2D eigenvalue weighted by Crippen LogP contribution is -2.25. The van der Waals surface area contributed by atoms with Crippen LogP contribution in [0.1, 0.15) is 49.8 Å². The Labute approximate surface area is 130 Å². The molecule has 1 heterocycles. The molecule has 2 aromatic carbocycles. The van der Waals surface area contributed by atoms with Gasteiger partial charge in [-0.25, -0.2) is 4.79 Å². The van der Waals surface area contributed by atoms with Crippen LogP contribution in [-0.2, 0) is 11.2 Å². The van der Waals surface area contributed by atoms with Gasteiger partial charge in [-0.1, -0.05) is 30.3 Å². The molecule has 0 saturated carbocycles. The minimum absolute atomic E-state index is 0.284. The zero-order valence-electron chi connectivity index (χ0n) is 12.9. The number of carbonyl (C=O) groups is 1. The molecule has 0 fully saturated rings. The number of fused-ring (bicyclic) bond motifs is 1. The molecule has 0 aromatic heterocycles. The Hall–Kier alpha value is -2.60. The van der Waals surface area contributed by atoms with Gasteiger partial charge >= 0.3 is 5.97 Å². The molecular weight excluding hydrogens is 274 g/mol. The fraction of sp³-hybridized carbons (Fsp3) is 0.263. The molecule has 0 radical (unpaired) electrons. The van der Waals surface area contributed by atoms with Crippen LogP contribution in [-0.4, -0.2) is 5.97 Å². The molecule has 1 aliphatic heterocycles. The lowest BCUT2D eigenvalue weighted by molar-refractivity contribution is 0.0250. The summed E-state index contributed by atoms with van der Waals surface area (Å²) in [6.45, 7) is 5.70. The van der Waals surface area contributed by atoms with E-state index in [4.69, 9.17) is 4.74 Å². The average molecular weight is 291 g/mol. The van der Waals surface area contributed by atoms with Gasteiger partial charge in [0.15, 0.2) is 0 Å². The van der Waals surface area contributed by atoms with Gasteiger partial charge in [0.2, 0.25) is 0 Å². The van der Waals surface area contributed by atoms with E-state index >= 15 is 0 Å². The van der Waals surface area contributed by atoms with Crippen molar-refractivity contribution >= 4 is 5.97 Å². The summed E-state index contributed by atoms with van der Waals surface area (Å²) >= 11 is 0. The summed E-state index contributed by atoms with van der Waals surface area (Å²) in [7, 11) is 0. The summed E-state index contributed by atoms with van der Waals surface area (Å²) < 4.78 is 5.64. The quantitative estimate of drug-likeness (QED) is 0.748. The molecule has 0 spiro atoms. The highest BCUT2D eigenvalue weighted by Crippen LogP contribution is 2.36. The molecule has 0 amide bonds. The molecule has 3 rings (SSSR count). The standard InChI is InChI=1S/C19H17NO2/c1-11-12(2)18-15(13(3)16(11)10-20)9-17(22-19(18)21)14-7-5-4-6-8-14/h4-8,17H,9H2,1-3H3. The SMILES string of the molecule is Cc1c(C)c2c(c(C)c1C#N)CC(c1ccccc1)OC2=O. The summed E-state index contributed by atoms with van der Waals surface area (Å²) in [6, 6.07) is 12.0. The molecule has 0 N–H and O–H groups in total. The number of hydrogen-bond acceptors (Lipinski definition) is 3. The fourth-order valence-electron chi connectivity index (χ4n) is 3.19. The number of carbonyl (C=O) groups excluding carboxylic acids is 1. The first-order valence-electron chi connectivity index (χ1n) is 7.33. The van der Waals surface area contributed by atoms with E-state index in [2.05, 4.69) is 6.07 Å². The van der Waals surface area contributed by atoms with E-state index in [0.717, 1.165) is 27.8 Å². The summed E-state index contributed by atoms with van der Waals surface area (Å²) in [5.41, 5.74) is 5.88. The lowest BCUT2D eigenvalue weighted by Gasteiger charge is -2.28. The van der Waals surface area contributed by atoms with Crippen LogP contribution in [0.5, 0.6) is 0 Å². The van der Waals surface area contributed by atoms with Crippen molar-refractivity contribution in [1.29, 1.82) is 5.26 Å². The highest BCUT2D eigenvalue weighted by Gasteiger charge is 2.32. The topological polar surface area (TPSA) is 50.1 Å². The first kappa shape index (κ1) is 14.3. The summed E-state index contributed by atoms with van der Waals surface area (Å²) in [4.78, 5) is 12.5. The number of ether oxygens (including phenoxy) is 1. The molecule has 3 nitrogen and oxygen atoms in total. The number of cyclic esters (lactones) is 1. The smallest absolute Gasteiger partial charge is 0.339 e. The predicted molar refractivity (Wildman–Crippen MR) is 83.7 cm³/mol. The molecule has 1 unspecified atom stereocenters. The van der Waals surface area contributed by atoms with E-state index in [1.54, 1.807) is 0 Å². The minimum Gasteiger partial charge on any atom is -0.454 e. The highest BCUT2D eigenvalue weighted by molar-refractivity contribution is 5.95. The van der Waals surface area contributed by atoms with Crippen molar-refractivity contribution < 1.29 is 9.53 Å². The third kappa shape index (κ3) is 2.08. The number of rotatable bonds is 1. The van der Waals surface area contributed by atoms with Gasteiger partial charge in [0.05, 0.1) is 17.2 Å². The molecule has 2 aromatic rings. The van der Waals surface area contributed by atoms with Crippen molar-refractivity contribution in [2.75, 3.05) is 0 Å². The zero-order valence-corrected chi connectivity index (χ0v) is 12.9. The van der Waals surface area contributed by atoms with E-state index in [1.165, 1.54) is 0 Å². The number of benzene rings is 2. The molecule has 0 bridgehead atoms. The molecule has 110 valence electrons. The Morgan fingerprint density at radius 3 is 2.41 bits per heavy atom. The van der Waals surface area contributed by atoms with Crippen LogP contribution < -0.4 is 0 Å². The van der Waals surface area contributed by atoms with E-state index in [0.29, 0.717) is 17.5 Å². The number of esters is 1. The second-order valence-corrected chi connectivity index (χ2v) is 5.72. The molecule has 0 aliphatic carbocycles. The van der Waals surface area contributed by atoms with Crippen molar-refractivity contribution in [1.82, 2.24) is 0 Å². The second kappa shape index (κ2) is 5.31. The van der Waals surface area contributed by atoms with Gasteiger partial charge < -0.3 is 4.74 Å². The van der Waals surface area contributed by atoms with Gasteiger partial charge in [-0.05, 0) is 48.6 Å². The van der Waals surface area contributed by atoms with Gasteiger partial charge in [-0.15, -0.1) is 0 Å². The van der Waals surface area contributed by atoms with Crippen molar-refractivity contribution in [2.45, 2.75) is 33.3 Å². The van der Waals surface area contributed by atoms with E-state index in [1.807, 2.05) is 51.1 Å². The van der Waals surface area contributed by atoms with E-state index < -0.39 is 0 Å². The minimum atomic E-state index is -0.289. The molecule has 1 atom stereocenters. The summed E-state index contributed by atoms with van der Waals surface area (Å²) in [5, 5.41) is 9.41. The maximum atomic E-state index is 12.5. The molecule has 1 aliphatic rings. The largest absolute Gasteiger partial charge is 0.454 e. The van der Waals surface area contributed by atoms with Gasteiger partial charge in [-0.2, -0.15) is 5.26 Å². The summed E-state index contributed by atoms with van der Waals surface area (Å²) in [6.07, 6.45) is 0.334. The molecular formula is C19H17NO2.